The molecule has 0 radical (unpaired) electrons. The predicted octanol–water partition coefficient (Wildman–Crippen LogP) is 2.20. The first kappa shape index (κ1) is 11.4. The maximum Gasteiger partial charge on any atom is 0.251 e. The summed E-state index contributed by atoms with van der Waals surface area (Å²) in [4.78, 5) is 16.5. The normalized spacial score (nSPS) is 28.9. The van der Waals surface area contributed by atoms with E-state index in [-0.39, 0.29) is 11.9 Å². The number of aromatic nitrogens is 1. The van der Waals surface area contributed by atoms with Crippen molar-refractivity contribution >= 4 is 27.5 Å². The highest BCUT2D eigenvalue weighted by Gasteiger charge is 2.45. The Hall–Kier alpha value is -1.46. The summed E-state index contributed by atoms with van der Waals surface area (Å²) in [6, 6.07) is 5.96. The fraction of sp³-hybridized carbons (Fsp3) is 0.429. The number of nitrogens with one attached hydrogen (secondary N) is 1. The number of carbonyl (C=O) groups excluding carboxylic acids is 1. The number of fused-ring (bicyclic) bond motifs is 2. The molecular formula is C14H14N2O2S. The Morgan fingerprint density at radius 2 is 2.42 bits per heavy atom. The lowest BCUT2D eigenvalue weighted by Crippen LogP contribution is -2.53. The topological polar surface area (TPSA) is 51.2 Å². The van der Waals surface area contributed by atoms with Crippen LogP contribution in [0.1, 0.15) is 23.2 Å². The van der Waals surface area contributed by atoms with Crippen molar-refractivity contribution in [3.63, 3.8) is 0 Å². The quantitative estimate of drug-likeness (QED) is 0.913. The van der Waals surface area contributed by atoms with E-state index in [0.717, 1.165) is 35.2 Å². The van der Waals surface area contributed by atoms with Crippen molar-refractivity contribution in [3.05, 3.63) is 29.3 Å². The molecular weight excluding hydrogens is 260 g/mol. The molecule has 1 saturated carbocycles. The second-order valence-corrected chi connectivity index (χ2v) is 6.10. The highest BCUT2D eigenvalue weighted by Crippen LogP contribution is 2.38. The molecule has 2 heterocycles. The molecule has 1 aromatic heterocycles. The van der Waals surface area contributed by atoms with E-state index in [9.17, 15) is 4.79 Å². The second kappa shape index (κ2) is 4.28. The second-order valence-electron chi connectivity index (χ2n) is 5.21. The number of benzene rings is 1. The van der Waals surface area contributed by atoms with E-state index in [2.05, 4.69) is 10.3 Å². The van der Waals surface area contributed by atoms with Gasteiger partial charge in [0.05, 0.1) is 21.8 Å². The highest BCUT2D eigenvalue weighted by atomic mass is 32.1. The van der Waals surface area contributed by atoms with Crippen LogP contribution in [0.3, 0.4) is 0 Å². The number of ether oxygens (including phenoxy) is 1. The molecule has 0 bridgehead atoms. The van der Waals surface area contributed by atoms with Gasteiger partial charge in [-0.2, -0.15) is 0 Å². The van der Waals surface area contributed by atoms with Crippen LogP contribution in [0.25, 0.3) is 10.2 Å². The number of thiazole rings is 1. The summed E-state index contributed by atoms with van der Waals surface area (Å²) in [7, 11) is 0. The van der Waals surface area contributed by atoms with Gasteiger partial charge < -0.3 is 10.1 Å². The third-order valence-corrected chi connectivity index (χ3v) is 4.97. The molecule has 1 amide bonds. The van der Waals surface area contributed by atoms with Gasteiger partial charge in [-0.05, 0) is 31.0 Å². The van der Waals surface area contributed by atoms with E-state index in [0.29, 0.717) is 12.0 Å². The molecule has 1 aliphatic heterocycles. The fourth-order valence-electron chi connectivity index (χ4n) is 3.01. The average Bonchev–Trinajstić information content (AvgIpc) is 3.00. The molecule has 2 aliphatic rings. The predicted molar refractivity (Wildman–Crippen MR) is 73.3 cm³/mol. The van der Waals surface area contributed by atoms with Crippen LogP contribution >= 0.6 is 11.3 Å². The van der Waals surface area contributed by atoms with Crippen molar-refractivity contribution in [3.8, 4) is 0 Å². The lowest BCUT2D eigenvalue weighted by molar-refractivity contribution is 0.00810. The number of hydrogen-bond acceptors (Lipinski definition) is 4. The molecule has 2 aromatic rings. The summed E-state index contributed by atoms with van der Waals surface area (Å²) < 4.78 is 6.62. The van der Waals surface area contributed by atoms with Crippen molar-refractivity contribution in [2.45, 2.75) is 25.0 Å². The minimum Gasteiger partial charge on any atom is -0.378 e. The lowest BCUT2D eigenvalue weighted by atomic mass is 9.76. The van der Waals surface area contributed by atoms with Gasteiger partial charge in [0.2, 0.25) is 0 Å². The zero-order valence-corrected chi connectivity index (χ0v) is 11.2. The molecule has 1 N–H and O–H groups in total. The smallest absolute Gasteiger partial charge is 0.251 e. The molecule has 4 rings (SSSR count). The van der Waals surface area contributed by atoms with Crippen LogP contribution in [-0.4, -0.2) is 29.6 Å². The van der Waals surface area contributed by atoms with Gasteiger partial charge in [0.15, 0.2) is 0 Å². The van der Waals surface area contributed by atoms with Crippen LogP contribution in [0.15, 0.2) is 23.7 Å². The van der Waals surface area contributed by atoms with E-state index in [1.54, 1.807) is 16.8 Å². The van der Waals surface area contributed by atoms with Crippen LogP contribution in [0.5, 0.6) is 0 Å². The molecule has 1 saturated heterocycles. The van der Waals surface area contributed by atoms with Gasteiger partial charge in [0, 0.05) is 24.1 Å². The van der Waals surface area contributed by atoms with Gasteiger partial charge in [-0.1, -0.05) is 0 Å². The zero-order valence-electron chi connectivity index (χ0n) is 10.3. The summed E-state index contributed by atoms with van der Waals surface area (Å²) in [6.07, 6.45) is 2.41. The number of rotatable bonds is 2. The summed E-state index contributed by atoms with van der Waals surface area (Å²) in [6.45, 7) is 0.842. The Bertz CT molecular complexity index is 639. The Balaban J connectivity index is 1.50. The summed E-state index contributed by atoms with van der Waals surface area (Å²) in [5, 5.41) is 3.13. The molecule has 0 unspecified atom stereocenters. The van der Waals surface area contributed by atoms with Crippen molar-refractivity contribution < 1.29 is 9.53 Å². The molecule has 19 heavy (non-hydrogen) atoms. The van der Waals surface area contributed by atoms with Gasteiger partial charge in [0.25, 0.3) is 5.91 Å². The number of hydrogen-bond donors (Lipinski definition) is 1. The van der Waals surface area contributed by atoms with E-state index >= 15 is 0 Å². The Kier molecular flexibility index (Phi) is 2.56. The van der Waals surface area contributed by atoms with Gasteiger partial charge in [0.1, 0.15) is 0 Å². The molecule has 4 nitrogen and oxygen atoms in total. The van der Waals surface area contributed by atoms with Crippen molar-refractivity contribution in [1.82, 2.24) is 10.3 Å². The van der Waals surface area contributed by atoms with Gasteiger partial charge in [-0.15, -0.1) is 11.3 Å². The fourth-order valence-corrected chi connectivity index (χ4v) is 3.73. The first-order valence-corrected chi connectivity index (χ1v) is 7.45. The maximum absolute atomic E-state index is 12.2. The summed E-state index contributed by atoms with van der Waals surface area (Å²) in [5.74, 6) is 0.543. The van der Waals surface area contributed by atoms with Crippen molar-refractivity contribution in [2.24, 2.45) is 5.92 Å². The summed E-state index contributed by atoms with van der Waals surface area (Å²) >= 11 is 1.56. The Labute approximate surface area is 114 Å². The largest absolute Gasteiger partial charge is 0.378 e. The Morgan fingerprint density at radius 1 is 1.47 bits per heavy atom. The third kappa shape index (κ3) is 1.84. The van der Waals surface area contributed by atoms with Gasteiger partial charge in [-0.25, -0.2) is 4.98 Å². The highest BCUT2D eigenvalue weighted by molar-refractivity contribution is 7.16. The molecule has 5 heteroatoms. The van der Waals surface area contributed by atoms with E-state index in [1.165, 1.54) is 0 Å². The minimum atomic E-state index is 0.0191. The molecule has 0 spiro atoms. The standard InChI is InChI=1S/C14H14N2O2S/c17-14(16-11-6-12-9(11)3-4-18-12)8-1-2-10-13(5-8)19-7-15-10/h1-2,5,7,9,11-12H,3-4,6H2,(H,16,17)/t9-,11-,12+/m1/s1. The van der Waals surface area contributed by atoms with Crippen LogP contribution in [0.2, 0.25) is 0 Å². The monoisotopic (exact) mass is 274 g/mol. The van der Waals surface area contributed by atoms with E-state index < -0.39 is 0 Å². The molecule has 98 valence electrons. The molecule has 2 fully saturated rings. The number of amides is 1. The third-order valence-electron chi connectivity index (χ3n) is 4.17. The van der Waals surface area contributed by atoms with Gasteiger partial charge in [-0.3, -0.25) is 4.79 Å². The zero-order chi connectivity index (χ0) is 12.8. The van der Waals surface area contributed by atoms with Crippen LogP contribution in [0, 0.1) is 5.92 Å². The first-order chi connectivity index (χ1) is 9.31. The molecule has 1 aromatic carbocycles. The van der Waals surface area contributed by atoms with E-state index in [1.807, 2.05) is 18.2 Å². The molecule has 3 atom stereocenters. The molecule has 1 aliphatic carbocycles. The van der Waals surface area contributed by atoms with Crippen molar-refractivity contribution in [1.29, 1.82) is 0 Å². The summed E-state index contributed by atoms with van der Waals surface area (Å²) in [5.41, 5.74) is 3.48. The SMILES string of the molecule is O=C(N[C@@H]1C[C@@H]2OCC[C@@H]21)c1ccc2ncsc2c1. The number of nitrogens with zero attached hydrogens (tertiary/aromatic N) is 1. The van der Waals surface area contributed by atoms with Crippen LogP contribution in [-0.2, 0) is 4.74 Å². The van der Waals surface area contributed by atoms with Gasteiger partial charge >= 0.3 is 0 Å². The van der Waals surface area contributed by atoms with Crippen LogP contribution in [0.4, 0.5) is 0 Å². The van der Waals surface area contributed by atoms with Crippen LogP contribution < -0.4 is 5.32 Å². The minimum absolute atomic E-state index is 0.0191. The first-order valence-electron chi connectivity index (χ1n) is 6.57. The van der Waals surface area contributed by atoms with Crippen molar-refractivity contribution in [2.75, 3.05) is 6.61 Å². The number of carbonyl (C=O) groups is 1. The maximum atomic E-state index is 12.2. The average molecular weight is 274 g/mol. The lowest BCUT2D eigenvalue weighted by Gasteiger charge is -2.39. The Morgan fingerprint density at radius 3 is 3.32 bits per heavy atom. The van der Waals surface area contributed by atoms with E-state index in [4.69, 9.17) is 4.74 Å².